The fourth-order valence-electron chi connectivity index (χ4n) is 4.25. The van der Waals surface area contributed by atoms with Crippen molar-refractivity contribution in [3.05, 3.63) is 29.8 Å². The molecule has 0 aromatic heterocycles. The van der Waals surface area contributed by atoms with Crippen molar-refractivity contribution in [2.45, 2.75) is 57.7 Å². The molecule has 0 spiro atoms. The highest BCUT2D eigenvalue weighted by atomic mass is 19.1. The lowest BCUT2D eigenvalue weighted by Crippen LogP contribution is -2.56. The van der Waals surface area contributed by atoms with E-state index in [1.807, 2.05) is 0 Å². The van der Waals surface area contributed by atoms with Crippen LogP contribution in [0.3, 0.4) is 0 Å². The van der Waals surface area contributed by atoms with Gasteiger partial charge < -0.3 is 31.3 Å². The maximum Gasteiger partial charge on any atom is 0.255 e. The fraction of sp³-hybridized carbons (Fsp3) is 0.560. The van der Waals surface area contributed by atoms with Crippen LogP contribution in [0.2, 0.25) is 0 Å². The number of nitrogens with two attached hydrogens (primary N) is 1. The lowest BCUT2D eigenvalue weighted by atomic mass is 10.0. The highest BCUT2D eigenvalue weighted by Crippen LogP contribution is 2.22. The van der Waals surface area contributed by atoms with Crippen molar-refractivity contribution in [3.8, 4) is 5.75 Å². The van der Waals surface area contributed by atoms with Gasteiger partial charge in [0, 0.05) is 13.1 Å². The van der Waals surface area contributed by atoms with E-state index >= 15 is 0 Å². The molecule has 0 radical (unpaired) electrons. The largest absolute Gasteiger partial charge is 0.496 e. The number of guanidine groups is 1. The number of Topliss-reactive ketones (excluding diaryl/α,β-unsaturated/α-hetero) is 1. The second-order valence-electron chi connectivity index (χ2n) is 9.23. The van der Waals surface area contributed by atoms with Crippen LogP contribution in [0.25, 0.3) is 0 Å². The summed E-state index contributed by atoms with van der Waals surface area (Å²) in [4.78, 5) is 53.1. The van der Waals surface area contributed by atoms with E-state index in [0.717, 1.165) is 0 Å². The number of nitrogens with zero attached hydrogens (tertiary/aromatic N) is 1. The first-order valence-electron chi connectivity index (χ1n) is 12.3. The van der Waals surface area contributed by atoms with Crippen LogP contribution < -0.4 is 26.4 Å². The predicted octanol–water partition coefficient (Wildman–Crippen LogP) is 0.727. The van der Waals surface area contributed by atoms with Gasteiger partial charge in [0.05, 0.1) is 18.7 Å². The third kappa shape index (κ3) is 8.16. The van der Waals surface area contributed by atoms with Crippen molar-refractivity contribution in [3.63, 3.8) is 0 Å². The Bertz CT molecular complexity index is 988. The Labute approximate surface area is 216 Å². The summed E-state index contributed by atoms with van der Waals surface area (Å²) >= 11 is 0. The number of rotatable bonds is 13. The van der Waals surface area contributed by atoms with Crippen LogP contribution >= 0.6 is 0 Å². The molecule has 3 atom stereocenters. The predicted molar refractivity (Wildman–Crippen MR) is 136 cm³/mol. The van der Waals surface area contributed by atoms with Crippen LogP contribution in [-0.2, 0) is 14.4 Å². The average molecular weight is 521 g/mol. The summed E-state index contributed by atoms with van der Waals surface area (Å²) in [5.41, 5.74) is 5.51. The summed E-state index contributed by atoms with van der Waals surface area (Å²) in [6.07, 6.45) is 1.47. The van der Waals surface area contributed by atoms with Crippen LogP contribution in [0.1, 0.15) is 49.9 Å². The molecule has 204 valence electrons. The van der Waals surface area contributed by atoms with Gasteiger partial charge in [0.15, 0.2) is 11.7 Å². The number of likely N-dealkylation sites (tertiary alicyclic amines) is 1. The number of carbonyl (C=O) groups excluding carboxylic acids is 4. The van der Waals surface area contributed by atoms with Gasteiger partial charge in [-0.15, -0.1) is 0 Å². The maximum atomic E-state index is 13.5. The molecule has 37 heavy (non-hydrogen) atoms. The zero-order valence-corrected chi connectivity index (χ0v) is 21.5. The average Bonchev–Trinajstić information content (AvgIpc) is 3.37. The Morgan fingerprint density at radius 2 is 1.92 bits per heavy atom. The molecule has 1 saturated heterocycles. The smallest absolute Gasteiger partial charge is 0.255 e. The summed E-state index contributed by atoms with van der Waals surface area (Å²) in [6.45, 7) is 2.96. The zero-order chi connectivity index (χ0) is 27.5. The molecular weight excluding hydrogens is 483 g/mol. The highest BCUT2D eigenvalue weighted by molar-refractivity contribution is 6.00. The molecule has 6 N–H and O–H groups in total. The number of nitrogens with one attached hydrogen (secondary N) is 4. The summed E-state index contributed by atoms with van der Waals surface area (Å²) in [5.74, 6) is -2.32. The Kier molecular flexibility index (Phi) is 11.3. The van der Waals surface area contributed by atoms with Crippen LogP contribution in [0.15, 0.2) is 24.3 Å². The molecule has 0 bridgehead atoms. The molecule has 1 aromatic carbocycles. The van der Waals surface area contributed by atoms with Crippen molar-refractivity contribution >= 4 is 29.5 Å². The van der Waals surface area contributed by atoms with Crippen LogP contribution in [0, 0.1) is 11.3 Å². The van der Waals surface area contributed by atoms with Gasteiger partial charge in [0.2, 0.25) is 11.8 Å². The first-order valence-corrected chi connectivity index (χ1v) is 12.3. The second-order valence-corrected chi connectivity index (χ2v) is 9.23. The van der Waals surface area contributed by atoms with Crippen LogP contribution in [0.5, 0.6) is 5.75 Å². The molecule has 2 rings (SSSR count). The van der Waals surface area contributed by atoms with Gasteiger partial charge in [-0.3, -0.25) is 24.6 Å². The van der Waals surface area contributed by atoms with Crippen molar-refractivity contribution in [1.29, 1.82) is 5.41 Å². The Morgan fingerprint density at radius 3 is 2.54 bits per heavy atom. The molecule has 0 saturated carbocycles. The van der Waals surface area contributed by atoms with E-state index in [4.69, 9.17) is 15.9 Å². The van der Waals surface area contributed by atoms with E-state index in [1.165, 1.54) is 12.0 Å². The first-order chi connectivity index (χ1) is 17.6. The quantitative estimate of drug-likeness (QED) is 0.145. The molecule has 1 aliphatic rings. The number of alkyl halides is 1. The first kappa shape index (κ1) is 29.5. The van der Waals surface area contributed by atoms with E-state index < -0.39 is 48.3 Å². The molecule has 1 aliphatic heterocycles. The number of carbonyl (C=O) groups is 4. The van der Waals surface area contributed by atoms with Gasteiger partial charge in [0.25, 0.3) is 5.91 Å². The third-order valence-corrected chi connectivity index (χ3v) is 6.23. The van der Waals surface area contributed by atoms with Gasteiger partial charge in [-0.25, -0.2) is 4.39 Å². The molecule has 11 nitrogen and oxygen atoms in total. The van der Waals surface area contributed by atoms with Gasteiger partial charge in [-0.2, -0.15) is 0 Å². The van der Waals surface area contributed by atoms with Crippen molar-refractivity contribution in [2.75, 3.05) is 26.9 Å². The van der Waals surface area contributed by atoms with Gasteiger partial charge in [0.1, 0.15) is 24.5 Å². The van der Waals surface area contributed by atoms with Crippen LogP contribution in [0.4, 0.5) is 4.39 Å². The van der Waals surface area contributed by atoms with Gasteiger partial charge >= 0.3 is 0 Å². The normalized spacial score (nSPS) is 16.6. The third-order valence-electron chi connectivity index (χ3n) is 6.23. The molecular formula is C25H37FN6O5. The fourth-order valence-corrected chi connectivity index (χ4v) is 4.25. The number of halogens is 1. The van der Waals surface area contributed by atoms with E-state index in [1.54, 1.807) is 38.1 Å². The number of amides is 3. The van der Waals surface area contributed by atoms with Gasteiger partial charge in [-0.05, 0) is 43.7 Å². The van der Waals surface area contributed by atoms with E-state index in [2.05, 4.69) is 16.0 Å². The Balaban J connectivity index is 2.11. The number of para-hydroxylation sites is 1. The van der Waals surface area contributed by atoms with E-state index in [9.17, 15) is 23.6 Å². The molecule has 1 aromatic rings. The summed E-state index contributed by atoms with van der Waals surface area (Å²) in [6, 6.07) is 3.86. The molecule has 2 unspecified atom stereocenters. The summed E-state index contributed by atoms with van der Waals surface area (Å²) in [5, 5.41) is 15.1. The molecule has 0 aliphatic carbocycles. The molecule has 1 fully saturated rings. The number of ether oxygens (including phenoxy) is 1. The molecule has 3 amide bonds. The lowest BCUT2D eigenvalue weighted by Gasteiger charge is -2.31. The zero-order valence-electron chi connectivity index (χ0n) is 21.5. The SMILES string of the molecule is COc1ccccc1C(=O)NC(C(=O)N1CCC[C@H]1C(=O)NC(CCCNC(=N)N)C(=O)CF)C(C)C. The van der Waals surface area contributed by atoms with Gasteiger partial charge in [-0.1, -0.05) is 26.0 Å². The minimum absolute atomic E-state index is 0.152. The minimum Gasteiger partial charge on any atom is -0.496 e. The lowest BCUT2D eigenvalue weighted by molar-refractivity contribution is -0.141. The van der Waals surface area contributed by atoms with Crippen molar-refractivity contribution < 1.29 is 28.3 Å². The molecule has 1 heterocycles. The highest BCUT2D eigenvalue weighted by Gasteiger charge is 2.39. The minimum atomic E-state index is -1.23. The number of hydrogen-bond donors (Lipinski definition) is 5. The number of ketones is 1. The topological polar surface area (TPSA) is 167 Å². The second kappa shape index (κ2) is 14.1. The monoisotopic (exact) mass is 520 g/mol. The van der Waals surface area contributed by atoms with E-state index in [0.29, 0.717) is 31.6 Å². The summed E-state index contributed by atoms with van der Waals surface area (Å²) < 4.78 is 18.4. The van der Waals surface area contributed by atoms with Crippen molar-refractivity contribution in [1.82, 2.24) is 20.9 Å². The van der Waals surface area contributed by atoms with Crippen molar-refractivity contribution in [2.24, 2.45) is 11.7 Å². The van der Waals surface area contributed by atoms with Crippen LogP contribution in [-0.4, -0.2) is 79.4 Å². The maximum absolute atomic E-state index is 13.5. The van der Waals surface area contributed by atoms with E-state index in [-0.39, 0.29) is 30.4 Å². The number of benzene rings is 1. The molecule has 12 heteroatoms. The standard InChI is InChI=1S/C25H37FN6O5/c1-15(2)21(31-22(34)16-8-4-5-11-20(16)37-3)24(36)32-13-7-10-18(32)23(35)30-17(19(33)14-26)9-6-12-29-25(27)28/h4-5,8,11,15,17-18,21H,6-7,9-10,12-14H2,1-3H3,(H,30,35)(H,31,34)(H4,27,28,29)/t17?,18-,21?/m0/s1. The number of methoxy groups -OCH3 is 1. The number of hydrogen-bond acceptors (Lipinski definition) is 6. The Morgan fingerprint density at radius 1 is 1.22 bits per heavy atom. The Hall–Kier alpha value is -3.70. The summed E-state index contributed by atoms with van der Waals surface area (Å²) in [7, 11) is 1.45.